The van der Waals surface area contributed by atoms with Gasteiger partial charge in [0.15, 0.2) is 11.0 Å². The van der Waals surface area contributed by atoms with Crippen molar-refractivity contribution in [3.63, 3.8) is 0 Å². The summed E-state index contributed by atoms with van der Waals surface area (Å²) in [7, 11) is 1.67. The summed E-state index contributed by atoms with van der Waals surface area (Å²) in [5.41, 5.74) is 1.81. The van der Waals surface area contributed by atoms with Crippen molar-refractivity contribution < 1.29 is 9.53 Å². The van der Waals surface area contributed by atoms with E-state index in [0.717, 1.165) is 40.9 Å². The number of para-hydroxylation sites is 1. The molecule has 174 valence electrons. The van der Waals surface area contributed by atoms with Crippen molar-refractivity contribution in [2.45, 2.75) is 56.3 Å². The third-order valence-corrected chi connectivity index (χ3v) is 6.76. The van der Waals surface area contributed by atoms with Crippen molar-refractivity contribution in [3.8, 4) is 5.75 Å². The average Bonchev–Trinajstić information content (AvgIpc) is 3.26. The molecule has 1 aliphatic rings. The number of hydrogen-bond donors (Lipinski definition) is 2. The highest BCUT2D eigenvalue weighted by Gasteiger charge is 2.23. The van der Waals surface area contributed by atoms with Crippen LogP contribution in [0.4, 0.5) is 11.4 Å². The van der Waals surface area contributed by atoms with E-state index < -0.39 is 0 Å². The molecule has 7 nitrogen and oxygen atoms in total. The van der Waals surface area contributed by atoms with Crippen LogP contribution in [0.1, 0.15) is 50.4 Å². The van der Waals surface area contributed by atoms with Gasteiger partial charge in [-0.2, -0.15) is 0 Å². The summed E-state index contributed by atoms with van der Waals surface area (Å²) < 4.78 is 7.62. The number of rotatable bonds is 10. The summed E-state index contributed by atoms with van der Waals surface area (Å²) in [6.07, 6.45) is 6.47. The molecule has 8 heteroatoms. The molecule has 0 spiro atoms. The second kappa shape index (κ2) is 11.7. The highest BCUT2D eigenvalue weighted by atomic mass is 32.2. The van der Waals surface area contributed by atoms with Gasteiger partial charge in [-0.1, -0.05) is 55.3 Å². The van der Waals surface area contributed by atoms with Gasteiger partial charge in [0.05, 0.1) is 13.7 Å². The lowest BCUT2D eigenvalue weighted by molar-refractivity contribution is -0.115. The van der Waals surface area contributed by atoms with Gasteiger partial charge in [0.2, 0.25) is 5.91 Å². The fourth-order valence-corrected chi connectivity index (χ4v) is 5.09. The predicted molar refractivity (Wildman–Crippen MR) is 133 cm³/mol. The average molecular weight is 466 g/mol. The molecular formula is C25H31N5O2S. The van der Waals surface area contributed by atoms with Crippen LogP contribution < -0.4 is 15.4 Å². The molecule has 1 heterocycles. The number of carbonyl (C=O) groups is 1. The molecule has 0 unspecified atom stereocenters. The Hall–Kier alpha value is -3.00. The molecule has 0 atom stereocenters. The molecule has 4 rings (SSSR count). The van der Waals surface area contributed by atoms with Gasteiger partial charge in [-0.3, -0.25) is 4.79 Å². The lowest BCUT2D eigenvalue weighted by Crippen LogP contribution is -2.18. The van der Waals surface area contributed by atoms with Gasteiger partial charge >= 0.3 is 0 Å². The number of methoxy groups -OCH3 is 1. The Morgan fingerprint density at radius 3 is 2.64 bits per heavy atom. The van der Waals surface area contributed by atoms with Gasteiger partial charge in [0, 0.05) is 35.7 Å². The lowest BCUT2D eigenvalue weighted by Gasteiger charge is -2.25. The molecule has 0 aliphatic heterocycles. The Kier molecular flexibility index (Phi) is 8.24. The molecule has 1 aliphatic carbocycles. The Morgan fingerprint density at radius 2 is 1.85 bits per heavy atom. The van der Waals surface area contributed by atoms with Crippen LogP contribution >= 0.6 is 11.8 Å². The lowest BCUT2D eigenvalue weighted by atomic mass is 9.95. The standard InChI is InChI=1S/C25H31N5O2S/c1-32-22-14-8-11-20(17-22)26-18-23-28-29-25(30(23)21-12-6-3-7-13-21)33-16-15-24(31)27-19-9-4-2-5-10-19/h2,4-5,8-11,14,17,21,26H,3,6-7,12-13,15-16,18H2,1H3,(H,27,31). The van der Waals surface area contributed by atoms with E-state index in [9.17, 15) is 4.79 Å². The number of anilines is 2. The molecule has 1 amide bonds. The third kappa shape index (κ3) is 6.51. The zero-order valence-electron chi connectivity index (χ0n) is 19.0. The molecule has 2 N–H and O–H groups in total. The van der Waals surface area contributed by atoms with Crippen molar-refractivity contribution in [1.82, 2.24) is 14.8 Å². The number of thioether (sulfide) groups is 1. The highest BCUT2D eigenvalue weighted by Crippen LogP contribution is 2.33. The topological polar surface area (TPSA) is 81.1 Å². The predicted octanol–water partition coefficient (Wildman–Crippen LogP) is 5.52. The van der Waals surface area contributed by atoms with E-state index in [1.807, 2.05) is 54.6 Å². The fourth-order valence-electron chi connectivity index (χ4n) is 4.13. The van der Waals surface area contributed by atoms with Crippen LogP contribution in [0.5, 0.6) is 5.75 Å². The van der Waals surface area contributed by atoms with Crippen molar-refractivity contribution in [2.75, 3.05) is 23.5 Å². The Morgan fingerprint density at radius 1 is 1.06 bits per heavy atom. The Bertz CT molecular complexity index is 1030. The van der Waals surface area contributed by atoms with Crippen LogP contribution in [0.2, 0.25) is 0 Å². The fraction of sp³-hybridized carbons (Fsp3) is 0.400. The zero-order valence-corrected chi connectivity index (χ0v) is 19.8. The highest BCUT2D eigenvalue weighted by molar-refractivity contribution is 7.99. The van der Waals surface area contributed by atoms with E-state index >= 15 is 0 Å². The van der Waals surface area contributed by atoms with Crippen LogP contribution in [0.25, 0.3) is 0 Å². The Balaban J connectivity index is 1.40. The summed E-state index contributed by atoms with van der Waals surface area (Å²) in [6.45, 7) is 0.589. The van der Waals surface area contributed by atoms with Crippen molar-refractivity contribution in [2.24, 2.45) is 0 Å². The molecule has 1 fully saturated rings. The second-order valence-electron chi connectivity index (χ2n) is 8.16. The van der Waals surface area contributed by atoms with Crippen molar-refractivity contribution in [1.29, 1.82) is 0 Å². The van der Waals surface area contributed by atoms with E-state index in [1.165, 1.54) is 19.3 Å². The first kappa shape index (κ1) is 23.2. The van der Waals surface area contributed by atoms with Gasteiger partial charge in [-0.05, 0) is 37.1 Å². The van der Waals surface area contributed by atoms with Crippen LogP contribution in [-0.2, 0) is 11.3 Å². The Labute approximate surface area is 199 Å². The number of amides is 1. The minimum atomic E-state index is 0.0114. The summed E-state index contributed by atoms with van der Waals surface area (Å²) in [5.74, 6) is 2.42. The van der Waals surface area contributed by atoms with Crippen LogP contribution in [0.15, 0.2) is 59.8 Å². The molecule has 3 aromatic rings. The summed E-state index contributed by atoms with van der Waals surface area (Å²) >= 11 is 1.61. The number of ether oxygens (including phenoxy) is 1. The minimum absolute atomic E-state index is 0.0114. The maximum atomic E-state index is 12.3. The number of benzene rings is 2. The minimum Gasteiger partial charge on any atom is -0.497 e. The quantitative estimate of drug-likeness (QED) is 0.384. The first-order valence-electron chi connectivity index (χ1n) is 11.5. The van der Waals surface area contributed by atoms with E-state index in [4.69, 9.17) is 4.74 Å². The summed E-state index contributed by atoms with van der Waals surface area (Å²) in [5, 5.41) is 16.3. The monoisotopic (exact) mass is 465 g/mol. The van der Waals surface area contributed by atoms with Gasteiger partial charge in [0.25, 0.3) is 0 Å². The first-order valence-corrected chi connectivity index (χ1v) is 12.5. The van der Waals surface area contributed by atoms with Gasteiger partial charge in [-0.15, -0.1) is 10.2 Å². The van der Waals surface area contributed by atoms with E-state index in [-0.39, 0.29) is 5.91 Å². The van der Waals surface area contributed by atoms with Gasteiger partial charge in [-0.25, -0.2) is 0 Å². The summed E-state index contributed by atoms with van der Waals surface area (Å²) in [6, 6.07) is 17.9. The first-order chi connectivity index (χ1) is 16.2. The maximum absolute atomic E-state index is 12.3. The van der Waals surface area contributed by atoms with Crippen LogP contribution in [0.3, 0.4) is 0 Å². The number of hydrogen-bond acceptors (Lipinski definition) is 6. The summed E-state index contributed by atoms with van der Waals surface area (Å²) in [4.78, 5) is 12.3. The number of nitrogens with one attached hydrogen (secondary N) is 2. The largest absolute Gasteiger partial charge is 0.497 e. The molecule has 0 bridgehead atoms. The van der Waals surface area contributed by atoms with Crippen LogP contribution in [0, 0.1) is 0 Å². The zero-order chi connectivity index (χ0) is 22.9. The molecule has 0 saturated heterocycles. The van der Waals surface area contributed by atoms with Crippen molar-refractivity contribution in [3.05, 3.63) is 60.4 Å². The van der Waals surface area contributed by atoms with E-state index in [2.05, 4.69) is 25.4 Å². The molecule has 1 aromatic heterocycles. The maximum Gasteiger partial charge on any atom is 0.225 e. The van der Waals surface area contributed by atoms with Crippen molar-refractivity contribution >= 4 is 29.0 Å². The second-order valence-corrected chi connectivity index (χ2v) is 9.22. The normalized spacial score (nSPS) is 14.1. The SMILES string of the molecule is COc1cccc(NCc2nnc(SCCC(=O)Nc3ccccc3)n2C2CCCCC2)c1. The molecule has 1 saturated carbocycles. The van der Waals surface area contributed by atoms with Gasteiger partial charge in [0.1, 0.15) is 5.75 Å². The molecule has 0 radical (unpaired) electrons. The third-order valence-electron chi connectivity index (χ3n) is 5.81. The molecule has 33 heavy (non-hydrogen) atoms. The number of nitrogens with zero attached hydrogens (tertiary/aromatic N) is 3. The smallest absolute Gasteiger partial charge is 0.225 e. The molecule has 2 aromatic carbocycles. The number of aromatic nitrogens is 3. The number of carbonyl (C=O) groups excluding carboxylic acids is 1. The molecular weight excluding hydrogens is 434 g/mol. The van der Waals surface area contributed by atoms with E-state index in [1.54, 1.807) is 18.9 Å². The van der Waals surface area contributed by atoms with E-state index in [0.29, 0.717) is 24.8 Å². The van der Waals surface area contributed by atoms with Gasteiger partial charge < -0.3 is 19.9 Å². The van der Waals surface area contributed by atoms with Crippen LogP contribution in [-0.4, -0.2) is 33.5 Å².